The second kappa shape index (κ2) is 14.1. The Kier molecular flexibility index (Phi) is 11.1. The van der Waals surface area contributed by atoms with Gasteiger partial charge >= 0.3 is 5.97 Å². The van der Waals surface area contributed by atoms with Crippen LogP contribution in [-0.2, 0) is 25.7 Å². The molecule has 7 heteroatoms. The highest BCUT2D eigenvalue weighted by Gasteiger charge is 2.12. The van der Waals surface area contributed by atoms with Crippen molar-refractivity contribution in [3.8, 4) is 5.75 Å². The molecule has 2 rings (SSSR count). The average Bonchev–Trinajstić information content (AvgIpc) is 2.80. The number of benzene rings is 2. The summed E-state index contributed by atoms with van der Waals surface area (Å²) in [6.45, 7) is 4.50. The van der Waals surface area contributed by atoms with E-state index in [0.717, 1.165) is 35.1 Å². The van der Waals surface area contributed by atoms with Gasteiger partial charge in [-0.05, 0) is 35.8 Å². The predicted molar refractivity (Wildman–Crippen MR) is 127 cm³/mol. The molecule has 0 spiro atoms. The van der Waals surface area contributed by atoms with Gasteiger partial charge in [0.25, 0.3) is 0 Å². The molecule has 32 heavy (non-hydrogen) atoms. The third-order valence-electron chi connectivity index (χ3n) is 4.27. The number of nitrogens with one attached hydrogen (secondary N) is 1. The van der Waals surface area contributed by atoms with Gasteiger partial charge in [-0.15, -0.1) is 0 Å². The van der Waals surface area contributed by atoms with Crippen LogP contribution in [0, 0.1) is 0 Å². The highest BCUT2D eigenvalue weighted by Crippen LogP contribution is 2.17. The lowest BCUT2D eigenvalue weighted by atomic mass is 10.1. The molecule has 2 aromatic rings. The smallest absolute Gasteiger partial charge is 0.307 e. The van der Waals surface area contributed by atoms with E-state index in [4.69, 9.17) is 9.47 Å². The van der Waals surface area contributed by atoms with Gasteiger partial charge in [0.05, 0.1) is 13.0 Å². The summed E-state index contributed by atoms with van der Waals surface area (Å²) in [6.07, 6.45) is 2.73. The third-order valence-corrected chi connectivity index (χ3v) is 5.14. The molecule has 0 radical (unpaired) electrons. The quantitative estimate of drug-likeness (QED) is 0.378. The first-order valence-electron chi connectivity index (χ1n) is 10.5. The summed E-state index contributed by atoms with van der Waals surface area (Å²) in [5.41, 5.74) is 2.18. The van der Waals surface area contributed by atoms with Gasteiger partial charge in [0.2, 0.25) is 5.91 Å². The van der Waals surface area contributed by atoms with Crippen molar-refractivity contribution < 1.29 is 23.9 Å². The lowest BCUT2D eigenvalue weighted by molar-refractivity contribution is -0.144. The third kappa shape index (κ3) is 9.83. The van der Waals surface area contributed by atoms with Crippen LogP contribution in [0.1, 0.15) is 37.8 Å². The van der Waals surface area contributed by atoms with Crippen LogP contribution < -0.4 is 10.1 Å². The minimum Gasteiger partial charge on any atom is -0.494 e. The molecule has 0 saturated heterocycles. The molecule has 0 bridgehead atoms. The van der Waals surface area contributed by atoms with Gasteiger partial charge in [0.1, 0.15) is 12.4 Å². The first-order valence-corrected chi connectivity index (χ1v) is 11.5. The summed E-state index contributed by atoms with van der Waals surface area (Å²) in [7, 11) is 0. The van der Waals surface area contributed by atoms with Crippen LogP contribution in [0.4, 0.5) is 0 Å². The number of hydrogen-bond donors (Lipinski definition) is 1. The van der Waals surface area contributed by atoms with E-state index < -0.39 is 0 Å². The average molecular weight is 456 g/mol. The van der Waals surface area contributed by atoms with Crippen LogP contribution in [0.3, 0.4) is 0 Å². The zero-order valence-electron chi connectivity index (χ0n) is 18.5. The monoisotopic (exact) mass is 455 g/mol. The number of thioether (sulfide) groups is 1. The molecule has 0 saturated carbocycles. The van der Waals surface area contributed by atoms with Crippen molar-refractivity contribution in [3.05, 3.63) is 71.3 Å². The van der Waals surface area contributed by atoms with Crippen molar-refractivity contribution in [2.24, 2.45) is 0 Å². The van der Waals surface area contributed by atoms with Crippen molar-refractivity contribution in [1.82, 2.24) is 5.32 Å². The summed E-state index contributed by atoms with van der Waals surface area (Å²) in [5, 5.41) is 2.67. The molecule has 0 fully saturated rings. The van der Waals surface area contributed by atoms with Crippen LogP contribution in [0.15, 0.2) is 60.2 Å². The molecular weight excluding hydrogens is 426 g/mol. The van der Waals surface area contributed by atoms with Crippen LogP contribution in [0.5, 0.6) is 5.75 Å². The SMILES string of the molecule is CCCOc1ccc(/C=C(/CSC(C)=O)C(=O)NCCC(=O)OCc2ccccc2)cc1. The van der Waals surface area contributed by atoms with Crippen molar-refractivity contribution in [2.75, 3.05) is 18.9 Å². The molecule has 2 aromatic carbocycles. The first kappa shape index (κ1) is 25.2. The number of carbonyl (C=O) groups excluding carboxylic acids is 3. The van der Waals surface area contributed by atoms with Crippen LogP contribution in [-0.4, -0.2) is 35.9 Å². The Morgan fingerprint density at radius 2 is 1.75 bits per heavy atom. The van der Waals surface area contributed by atoms with E-state index in [9.17, 15) is 14.4 Å². The van der Waals surface area contributed by atoms with E-state index in [1.54, 1.807) is 6.08 Å². The van der Waals surface area contributed by atoms with Gasteiger partial charge < -0.3 is 14.8 Å². The highest BCUT2D eigenvalue weighted by molar-refractivity contribution is 8.13. The molecule has 170 valence electrons. The lowest BCUT2D eigenvalue weighted by Crippen LogP contribution is -2.28. The fourth-order valence-electron chi connectivity index (χ4n) is 2.64. The number of ether oxygens (including phenoxy) is 2. The molecule has 1 amide bonds. The molecule has 0 aliphatic carbocycles. The topological polar surface area (TPSA) is 81.7 Å². The van der Waals surface area contributed by atoms with Crippen LogP contribution >= 0.6 is 11.8 Å². The summed E-state index contributed by atoms with van der Waals surface area (Å²) in [6, 6.07) is 16.8. The molecule has 6 nitrogen and oxygen atoms in total. The molecule has 0 aliphatic heterocycles. The molecule has 1 N–H and O–H groups in total. The second-order valence-electron chi connectivity index (χ2n) is 7.02. The van der Waals surface area contributed by atoms with E-state index in [2.05, 4.69) is 5.32 Å². The number of amides is 1. The molecule has 0 heterocycles. The standard InChI is InChI=1S/C25H29NO5S/c1-3-15-30-23-11-9-20(10-12-23)16-22(18-32-19(2)27)25(29)26-14-13-24(28)31-17-21-7-5-4-6-8-21/h4-12,16H,3,13-15,17-18H2,1-2H3,(H,26,29)/b22-16-. The van der Waals surface area contributed by atoms with Gasteiger partial charge in [0, 0.05) is 24.8 Å². The summed E-state index contributed by atoms with van der Waals surface area (Å²) >= 11 is 1.06. The van der Waals surface area contributed by atoms with E-state index >= 15 is 0 Å². The number of carbonyl (C=O) groups is 3. The van der Waals surface area contributed by atoms with E-state index in [0.29, 0.717) is 12.2 Å². The van der Waals surface area contributed by atoms with Gasteiger partial charge in [-0.25, -0.2) is 0 Å². The van der Waals surface area contributed by atoms with Crippen molar-refractivity contribution >= 4 is 34.8 Å². The van der Waals surface area contributed by atoms with Gasteiger partial charge in [-0.1, -0.05) is 61.2 Å². The summed E-state index contributed by atoms with van der Waals surface area (Å²) in [4.78, 5) is 36.0. The molecule has 0 unspecified atom stereocenters. The predicted octanol–water partition coefficient (Wildman–Crippen LogP) is 4.39. The van der Waals surface area contributed by atoms with Gasteiger partial charge in [-0.2, -0.15) is 0 Å². The Hall–Kier alpha value is -3.06. The maximum absolute atomic E-state index is 12.6. The van der Waals surface area contributed by atoms with Crippen LogP contribution in [0.25, 0.3) is 6.08 Å². The second-order valence-corrected chi connectivity index (χ2v) is 8.17. The number of rotatable bonds is 12. The maximum Gasteiger partial charge on any atom is 0.307 e. The zero-order chi connectivity index (χ0) is 23.2. The molecule has 0 aromatic heterocycles. The highest BCUT2D eigenvalue weighted by atomic mass is 32.2. The first-order chi connectivity index (χ1) is 15.5. The number of esters is 1. The Morgan fingerprint density at radius 3 is 2.41 bits per heavy atom. The Bertz CT molecular complexity index is 910. The van der Waals surface area contributed by atoms with Gasteiger partial charge in [0.15, 0.2) is 5.12 Å². The number of hydrogen-bond acceptors (Lipinski definition) is 6. The van der Waals surface area contributed by atoms with Gasteiger partial charge in [-0.3, -0.25) is 14.4 Å². The fraction of sp³-hybridized carbons (Fsp3) is 0.320. The summed E-state index contributed by atoms with van der Waals surface area (Å²) in [5.74, 6) is 0.303. The largest absolute Gasteiger partial charge is 0.494 e. The minimum atomic E-state index is -0.388. The molecular formula is C25H29NO5S. The molecule has 0 aliphatic rings. The van der Waals surface area contributed by atoms with E-state index in [1.165, 1.54) is 6.92 Å². The fourth-order valence-corrected chi connectivity index (χ4v) is 3.21. The normalized spacial score (nSPS) is 11.0. The zero-order valence-corrected chi connectivity index (χ0v) is 19.3. The lowest BCUT2D eigenvalue weighted by Gasteiger charge is -2.10. The Labute approximate surface area is 193 Å². The minimum absolute atomic E-state index is 0.0647. The van der Waals surface area contributed by atoms with Crippen molar-refractivity contribution in [3.63, 3.8) is 0 Å². The van der Waals surface area contributed by atoms with Crippen LogP contribution in [0.2, 0.25) is 0 Å². The van der Waals surface area contributed by atoms with E-state index in [-0.39, 0.29) is 42.3 Å². The summed E-state index contributed by atoms with van der Waals surface area (Å²) < 4.78 is 10.8. The Morgan fingerprint density at radius 1 is 1.03 bits per heavy atom. The van der Waals surface area contributed by atoms with E-state index in [1.807, 2.05) is 61.5 Å². The molecule has 0 atom stereocenters. The van der Waals surface area contributed by atoms with Crippen molar-refractivity contribution in [1.29, 1.82) is 0 Å². The maximum atomic E-state index is 12.6. The van der Waals surface area contributed by atoms with Crippen molar-refractivity contribution in [2.45, 2.75) is 33.3 Å². The Balaban J connectivity index is 1.89.